The molecule has 0 amide bonds. The topological polar surface area (TPSA) is 122 Å². The summed E-state index contributed by atoms with van der Waals surface area (Å²) in [5.74, 6) is 0.00861. The fraction of sp³-hybridized carbons (Fsp3) is 0.308. The van der Waals surface area contributed by atoms with Gasteiger partial charge in [-0.2, -0.15) is 10.5 Å². The Hall–Kier alpha value is -3.55. The summed E-state index contributed by atoms with van der Waals surface area (Å²) in [6, 6.07) is 12.3. The van der Waals surface area contributed by atoms with Crippen LogP contribution in [0.3, 0.4) is 0 Å². The van der Waals surface area contributed by atoms with Crippen molar-refractivity contribution >= 4 is 20.3 Å². The minimum Gasteiger partial charge on any atom is -0.508 e. The predicted octanol–water partition coefficient (Wildman–Crippen LogP) is 5.54. The van der Waals surface area contributed by atoms with Gasteiger partial charge in [-0.05, 0) is 69.5 Å². The van der Waals surface area contributed by atoms with Gasteiger partial charge < -0.3 is 10.2 Å². The molecule has 0 aromatic heterocycles. The van der Waals surface area contributed by atoms with Gasteiger partial charge in [0.15, 0.2) is 0 Å². The first kappa shape index (κ1) is 25.7. The highest BCUT2D eigenvalue weighted by atomic mass is 32.2. The van der Waals surface area contributed by atoms with Crippen LogP contribution >= 0.6 is 0 Å². The molecule has 7 heteroatoms. The van der Waals surface area contributed by atoms with E-state index in [9.17, 15) is 29.2 Å². The number of rotatable bonds is 4. The second-order valence-corrected chi connectivity index (χ2v) is 11.7. The van der Waals surface area contributed by atoms with Gasteiger partial charge in [0.1, 0.15) is 28.5 Å². The van der Waals surface area contributed by atoms with Crippen molar-refractivity contribution in [2.45, 2.75) is 52.4 Å². The van der Waals surface area contributed by atoms with Crippen LogP contribution in [0.25, 0.3) is 10.5 Å². The minimum atomic E-state index is -4.44. The number of phenolic OH excluding ortho intramolecular Hbond substituents is 2. The molecule has 0 spiro atoms. The molecule has 2 rings (SSSR count). The standard InChI is InChI=1S/C26H28N2O4S/c1-16(14-27)33(31,32)24(18-9-11-23(30)21(13-18)26(5,6)7)19(15-28)17-8-10-22(29)20(12-17)25(2,3)4/h8-13,29-30H,1H2,2-7H3. The van der Waals surface area contributed by atoms with E-state index in [1.807, 2.05) is 47.6 Å². The molecule has 0 aliphatic rings. The predicted molar refractivity (Wildman–Crippen MR) is 130 cm³/mol. The minimum absolute atomic E-state index is 0.0136. The molecule has 0 heterocycles. The van der Waals surface area contributed by atoms with Crippen molar-refractivity contribution < 1.29 is 18.6 Å². The normalized spacial score (nSPS) is 13.0. The summed E-state index contributed by atoms with van der Waals surface area (Å²) in [6.45, 7) is 14.6. The zero-order valence-corrected chi connectivity index (χ0v) is 20.5. The summed E-state index contributed by atoms with van der Waals surface area (Å²) in [5.41, 5.74) is 0.242. The first-order valence-electron chi connectivity index (χ1n) is 10.2. The van der Waals surface area contributed by atoms with E-state index < -0.39 is 25.6 Å². The molecule has 172 valence electrons. The lowest BCUT2D eigenvalue weighted by Crippen LogP contribution is -2.14. The summed E-state index contributed by atoms with van der Waals surface area (Å²) in [7, 11) is -4.44. The number of aromatic hydroxyl groups is 2. The average molecular weight is 465 g/mol. The van der Waals surface area contributed by atoms with Crippen molar-refractivity contribution in [1.82, 2.24) is 0 Å². The highest BCUT2D eigenvalue weighted by Crippen LogP contribution is 2.40. The van der Waals surface area contributed by atoms with Gasteiger partial charge in [0.25, 0.3) is 0 Å². The summed E-state index contributed by atoms with van der Waals surface area (Å²) < 4.78 is 26.8. The van der Waals surface area contributed by atoms with Gasteiger partial charge in [-0.15, -0.1) is 0 Å². The van der Waals surface area contributed by atoms with E-state index in [0.29, 0.717) is 11.1 Å². The van der Waals surface area contributed by atoms with Crippen LogP contribution in [-0.4, -0.2) is 18.6 Å². The van der Waals surface area contributed by atoms with Crippen LogP contribution in [0.2, 0.25) is 0 Å². The van der Waals surface area contributed by atoms with Crippen LogP contribution < -0.4 is 0 Å². The second-order valence-electron chi connectivity index (χ2n) is 9.82. The summed E-state index contributed by atoms with van der Waals surface area (Å²) >= 11 is 0. The molecule has 2 N–H and O–H groups in total. The number of phenols is 2. The molecule has 33 heavy (non-hydrogen) atoms. The Bertz CT molecular complexity index is 1340. The van der Waals surface area contributed by atoms with Crippen molar-refractivity contribution in [3.63, 3.8) is 0 Å². The van der Waals surface area contributed by atoms with Gasteiger partial charge >= 0.3 is 0 Å². The van der Waals surface area contributed by atoms with Crippen molar-refractivity contribution in [3.8, 4) is 23.6 Å². The highest BCUT2D eigenvalue weighted by Gasteiger charge is 2.31. The maximum atomic E-state index is 13.4. The Kier molecular flexibility index (Phi) is 6.83. The molecule has 0 saturated carbocycles. The molecular formula is C26H28N2O4S. The molecule has 6 nitrogen and oxygen atoms in total. The van der Waals surface area contributed by atoms with Crippen LogP contribution in [0, 0.1) is 22.7 Å². The number of hydrogen-bond acceptors (Lipinski definition) is 6. The summed E-state index contributed by atoms with van der Waals surface area (Å²) in [4.78, 5) is -1.09. The Morgan fingerprint density at radius 3 is 1.64 bits per heavy atom. The fourth-order valence-electron chi connectivity index (χ4n) is 3.43. The largest absolute Gasteiger partial charge is 0.508 e. The van der Waals surface area contributed by atoms with Gasteiger partial charge in [0.05, 0.1) is 10.5 Å². The second kappa shape index (κ2) is 8.77. The van der Waals surface area contributed by atoms with Crippen molar-refractivity contribution in [3.05, 3.63) is 70.1 Å². The number of nitriles is 2. The van der Waals surface area contributed by atoms with Crippen LogP contribution in [0.15, 0.2) is 47.9 Å². The third-order valence-corrected chi connectivity index (χ3v) is 6.93. The van der Waals surface area contributed by atoms with E-state index >= 15 is 0 Å². The number of sulfone groups is 1. The first-order valence-corrected chi connectivity index (χ1v) is 11.7. The Morgan fingerprint density at radius 2 is 1.24 bits per heavy atom. The van der Waals surface area contributed by atoms with Gasteiger partial charge in [-0.25, -0.2) is 8.42 Å². The van der Waals surface area contributed by atoms with Crippen LogP contribution in [0.4, 0.5) is 0 Å². The smallest absolute Gasteiger partial charge is 0.217 e. The van der Waals surface area contributed by atoms with Crippen LogP contribution in [0.5, 0.6) is 11.5 Å². The maximum absolute atomic E-state index is 13.4. The van der Waals surface area contributed by atoms with Gasteiger partial charge in [0.2, 0.25) is 9.84 Å². The quantitative estimate of drug-likeness (QED) is 0.453. The number of hydrogen-bond donors (Lipinski definition) is 2. The molecule has 0 aliphatic heterocycles. The molecule has 0 atom stereocenters. The summed E-state index contributed by atoms with van der Waals surface area (Å²) in [6.07, 6.45) is 0. The number of benzene rings is 2. The molecule has 0 aliphatic carbocycles. The van der Waals surface area contributed by atoms with Gasteiger partial charge in [-0.3, -0.25) is 0 Å². The monoisotopic (exact) mass is 464 g/mol. The Labute approximate surface area is 195 Å². The van der Waals surface area contributed by atoms with E-state index in [-0.39, 0.29) is 33.1 Å². The van der Waals surface area contributed by atoms with Gasteiger partial charge in [0, 0.05) is 0 Å². The molecule has 0 saturated heterocycles. The lowest BCUT2D eigenvalue weighted by atomic mass is 9.84. The molecular weight excluding hydrogens is 436 g/mol. The van der Waals surface area contributed by atoms with E-state index in [2.05, 4.69) is 6.58 Å². The Balaban J connectivity index is 3.06. The van der Waals surface area contributed by atoms with Gasteiger partial charge in [-0.1, -0.05) is 48.1 Å². The number of nitrogens with zero attached hydrogens (tertiary/aromatic N) is 2. The zero-order chi connectivity index (χ0) is 25.4. The lowest BCUT2D eigenvalue weighted by Gasteiger charge is -2.23. The lowest BCUT2D eigenvalue weighted by molar-refractivity contribution is 0.446. The van der Waals surface area contributed by atoms with E-state index in [1.165, 1.54) is 30.3 Å². The molecule has 0 bridgehead atoms. The van der Waals surface area contributed by atoms with Crippen LogP contribution in [0.1, 0.15) is 63.8 Å². The molecule has 2 aromatic carbocycles. The highest BCUT2D eigenvalue weighted by molar-refractivity contribution is 8.04. The first-order chi connectivity index (χ1) is 15.1. The zero-order valence-electron chi connectivity index (χ0n) is 19.7. The maximum Gasteiger partial charge on any atom is 0.217 e. The third-order valence-electron chi connectivity index (χ3n) is 5.22. The molecule has 0 unspecified atom stereocenters. The molecule has 0 fully saturated rings. The van der Waals surface area contributed by atoms with E-state index in [1.54, 1.807) is 12.1 Å². The average Bonchev–Trinajstić information content (AvgIpc) is 2.70. The van der Waals surface area contributed by atoms with Crippen LogP contribution in [-0.2, 0) is 20.7 Å². The SMILES string of the molecule is C=C(C#N)S(=O)(=O)C(=C(C#N)c1ccc(O)c(C(C)(C)C)c1)c1ccc(O)c(C(C)(C)C)c1. The van der Waals surface area contributed by atoms with E-state index in [0.717, 1.165) is 0 Å². The molecule has 0 radical (unpaired) electrons. The third kappa shape index (κ3) is 5.10. The number of allylic oxidation sites excluding steroid dienone is 2. The molecule has 2 aromatic rings. The van der Waals surface area contributed by atoms with Crippen molar-refractivity contribution in [2.24, 2.45) is 0 Å². The fourth-order valence-corrected chi connectivity index (χ4v) is 4.67. The summed E-state index contributed by atoms with van der Waals surface area (Å²) in [5, 5.41) is 40.1. The van der Waals surface area contributed by atoms with Crippen molar-refractivity contribution in [2.75, 3.05) is 0 Å². The van der Waals surface area contributed by atoms with E-state index in [4.69, 9.17) is 0 Å². The van der Waals surface area contributed by atoms with Crippen molar-refractivity contribution in [1.29, 1.82) is 10.5 Å². The Morgan fingerprint density at radius 1 is 0.818 bits per heavy atom.